The Balaban J connectivity index is 1.59. The Morgan fingerprint density at radius 1 is 1.10 bits per heavy atom. The molecule has 0 radical (unpaired) electrons. The summed E-state index contributed by atoms with van der Waals surface area (Å²) in [4.78, 5) is 13.0. The molecule has 106 valence electrons. The largest absolute Gasteiger partial charge is 0.338 e. The first-order valence-corrected chi connectivity index (χ1v) is 6.86. The molecule has 0 spiro atoms. The van der Waals surface area contributed by atoms with Crippen LogP contribution in [-0.2, 0) is 13.7 Å². The summed E-state index contributed by atoms with van der Waals surface area (Å²) >= 11 is 5.24. The lowest BCUT2D eigenvalue weighted by molar-refractivity contribution is 0.192. The standard InChI is InChI=1S/C11H16N8S/c1-16-11(20)19(15-14-16)9-17-5-7-18(8-6-17)10-12-3-2-4-13-10/h2-4H,5-9H2,1H3. The molecular weight excluding hydrogens is 276 g/mol. The Morgan fingerprint density at radius 3 is 2.40 bits per heavy atom. The summed E-state index contributed by atoms with van der Waals surface area (Å²) in [5.41, 5.74) is 0. The Morgan fingerprint density at radius 2 is 1.80 bits per heavy atom. The van der Waals surface area contributed by atoms with E-state index in [1.54, 1.807) is 28.8 Å². The molecule has 1 fully saturated rings. The van der Waals surface area contributed by atoms with E-state index in [0.717, 1.165) is 32.1 Å². The Bertz CT molecular complexity index is 613. The van der Waals surface area contributed by atoms with Gasteiger partial charge >= 0.3 is 0 Å². The fourth-order valence-corrected chi connectivity index (χ4v) is 2.30. The van der Waals surface area contributed by atoms with Crippen LogP contribution in [0.25, 0.3) is 0 Å². The highest BCUT2D eigenvalue weighted by atomic mass is 32.1. The number of aryl methyl sites for hydroxylation is 1. The van der Waals surface area contributed by atoms with Crippen LogP contribution in [0.1, 0.15) is 0 Å². The SMILES string of the molecule is Cn1nnn(CN2CCN(c3ncccn3)CC2)c1=S. The van der Waals surface area contributed by atoms with Crippen LogP contribution in [0.5, 0.6) is 0 Å². The number of nitrogens with zero attached hydrogens (tertiary/aromatic N) is 8. The number of hydrogen-bond donors (Lipinski definition) is 0. The van der Waals surface area contributed by atoms with Crippen molar-refractivity contribution < 1.29 is 0 Å². The van der Waals surface area contributed by atoms with Crippen molar-refractivity contribution >= 4 is 18.2 Å². The summed E-state index contributed by atoms with van der Waals surface area (Å²) in [7, 11) is 1.80. The van der Waals surface area contributed by atoms with Gasteiger partial charge in [0.2, 0.25) is 10.7 Å². The zero-order valence-electron chi connectivity index (χ0n) is 11.3. The van der Waals surface area contributed by atoms with Gasteiger partial charge in [-0.1, -0.05) is 0 Å². The van der Waals surface area contributed by atoms with Gasteiger partial charge < -0.3 is 4.90 Å². The maximum atomic E-state index is 5.24. The van der Waals surface area contributed by atoms with E-state index in [2.05, 4.69) is 30.2 Å². The Labute approximate surface area is 121 Å². The van der Waals surface area contributed by atoms with Crippen LogP contribution in [0.2, 0.25) is 0 Å². The van der Waals surface area contributed by atoms with Crippen molar-refractivity contribution in [3.05, 3.63) is 23.2 Å². The van der Waals surface area contributed by atoms with E-state index in [-0.39, 0.29) is 0 Å². The quantitative estimate of drug-likeness (QED) is 0.733. The van der Waals surface area contributed by atoms with Crippen molar-refractivity contribution in [2.24, 2.45) is 7.05 Å². The van der Waals surface area contributed by atoms with Gasteiger partial charge in [0.25, 0.3) is 0 Å². The number of anilines is 1. The fourth-order valence-electron chi connectivity index (χ4n) is 2.17. The Kier molecular flexibility index (Phi) is 3.70. The molecule has 3 rings (SSSR count). The molecule has 0 saturated carbocycles. The molecule has 0 atom stereocenters. The van der Waals surface area contributed by atoms with E-state index in [4.69, 9.17) is 12.2 Å². The van der Waals surface area contributed by atoms with Crippen molar-refractivity contribution in [3.8, 4) is 0 Å². The highest BCUT2D eigenvalue weighted by molar-refractivity contribution is 7.71. The minimum atomic E-state index is 0.638. The first-order valence-electron chi connectivity index (χ1n) is 6.45. The lowest BCUT2D eigenvalue weighted by Gasteiger charge is -2.34. The molecule has 9 heteroatoms. The molecular formula is C11H16N8S. The first-order chi connectivity index (χ1) is 9.74. The maximum Gasteiger partial charge on any atom is 0.225 e. The second-order valence-electron chi connectivity index (χ2n) is 4.68. The smallest absolute Gasteiger partial charge is 0.225 e. The van der Waals surface area contributed by atoms with Gasteiger partial charge in [-0.2, -0.15) is 0 Å². The van der Waals surface area contributed by atoms with E-state index in [0.29, 0.717) is 11.4 Å². The number of tetrazole rings is 1. The lowest BCUT2D eigenvalue weighted by atomic mass is 10.3. The summed E-state index contributed by atoms with van der Waals surface area (Å²) < 4.78 is 3.98. The fraction of sp³-hybridized carbons (Fsp3) is 0.545. The third kappa shape index (κ3) is 2.68. The van der Waals surface area contributed by atoms with Crippen LogP contribution in [0.15, 0.2) is 18.5 Å². The maximum absolute atomic E-state index is 5.24. The number of rotatable bonds is 3. The topological polar surface area (TPSA) is 67.9 Å². The summed E-state index contributed by atoms with van der Waals surface area (Å²) in [6.07, 6.45) is 3.54. The zero-order chi connectivity index (χ0) is 13.9. The van der Waals surface area contributed by atoms with E-state index < -0.39 is 0 Å². The summed E-state index contributed by atoms with van der Waals surface area (Å²) in [6.45, 7) is 4.33. The second kappa shape index (κ2) is 5.63. The van der Waals surface area contributed by atoms with Crippen molar-refractivity contribution in [1.82, 2.24) is 34.7 Å². The molecule has 0 aromatic carbocycles. The van der Waals surface area contributed by atoms with Crippen molar-refractivity contribution in [3.63, 3.8) is 0 Å². The van der Waals surface area contributed by atoms with Gasteiger partial charge in [0, 0.05) is 45.6 Å². The minimum Gasteiger partial charge on any atom is -0.338 e. The van der Waals surface area contributed by atoms with Gasteiger partial charge in [-0.3, -0.25) is 4.90 Å². The second-order valence-corrected chi connectivity index (χ2v) is 5.05. The van der Waals surface area contributed by atoms with Gasteiger partial charge in [0.1, 0.15) is 0 Å². The number of hydrogen-bond acceptors (Lipinski definition) is 7. The number of piperazine rings is 1. The third-order valence-electron chi connectivity index (χ3n) is 3.32. The van der Waals surface area contributed by atoms with E-state index in [1.165, 1.54) is 0 Å². The highest BCUT2D eigenvalue weighted by Gasteiger charge is 2.19. The van der Waals surface area contributed by atoms with Gasteiger partial charge in [-0.15, -0.1) is 0 Å². The van der Waals surface area contributed by atoms with E-state index in [9.17, 15) is 0 Å². The molecule has 1 aliphatic heterocycles. The monoisotopic (exact) mass is 292 g/mol. The van der Waals surface area contributed by atoms with Crippen LogP contribution in [0, 0.1) is 4.77 Å². The lowest BCUT2D eigenvalue weighted by Crippen LogP contribution is -2.47. The van der Waals surface area contributed by atoms with Gasteiger partial charge in [0.15, 0.2) is 0 Å². The summed E-state index contributed by atoms with van der Waals surface area (Å²) in [5, 5.41) is 7.94. The molecule has 20 heavy (non-hydrogen) atoms. The van der Waals surface area contributed by atoms with E-state index >= 15 is 0 Å². The molecule has 2 aromatic rings. The van der Waals surface area contributed by atoms with Crippen LogP contribution in [0.4, 0.5) is 5.95 Å². The van der Waals surface area contributed by atoms with Gasteiger partial charge in [-0.25, -0.2) is 19.3 Å². The molecule has 3 heterocycles. The van der Waals surface area contributed by atoms with Crippen LogP contribution in [0.3, 0.4) is 0 Å². The first kappa shape index (κ1) is 13.1. The zero-order valence-corrected chi connectivity index (χ0v) is 12.1. The average Bonchev–Trinajstić information content (AvgIpc) is 2.81. The van der Waals surface area contributed by atoms with E-state index in [1.807, 2.05) is 6.07 Å². The molecule has 0 unspecified atom stereocenters. The molecule has 0 N–H and O–H groups in total. The van der Waals surface area contributed by atoms with Crippen molar-refractivity contribution in [2.75, 3.05) is 31.1 Å². The molecule has 1 saturated heterocycles. The molecule has 0 bridgehead atoms. The normalized spacial score (nSPS) is 16.6. The summed E-state index contributed by atoms with van der Waals surface area (Å²) in [5.74, 6) is 0.795. The third-order valence-corrected chi connectivity index (χ3v) is 3.80. The van der Waals surface area contributed by atoms with Crippen molar-refractivity contribution in [1.29, 1.82) is 0 Å². The predicted molar refractivity (Wildman–Crippen MR) is 75.6 cm³/mol. The minimum absolute atomic E-state index is 0.638. The number of aromatic nitrogens is 6. The predicted octanol–water partition coefficient (Wildman–Crippen LogP) is -0.0842. The molecule has 2 aromatic heterocycles. The Hall–Kier alpha value is -1.87. The van der Waals surface area contributed by atoms with Crippen molar-refractivity contribution in [2.45, 2.75) is 6.67 Å². The molecule has 1 aliphatic rings. The van der Waals surface area contributed by atoms with Gasteiger partial charge in [-0.05, 0) is 28.7 Å². The molecule has 0 amide bonds. The summed E-state index contributed by atoms with van der Waals surface area (Å²) in [6, 6.07) is 1.83. The van der Waals surface area contributed by atoms with Crippen LogP contribution >= 0.6 is 12.2 Å². The van der Waals surface area contributed by atoms with Crippen LogP contribution in [-0.4, -0.2) is 60.8 Å². The average molecular weight is 292 g/mol. The van der Waals surface area contributed by atoms with Crippen LogP contribution < -0.4 is 4.90 Å². The molecule has 0 aliphatic carbocycles. The highest BCUT2D eigenvalue weighted by Crippen LogP contribution is 2.10. The van der Waals surface area contributed by atoms with Gasteiger partial charge in [0.05, 0.1) is 6.67 Å². The molecule has 8 nitrogen and oxygen atoms in total.